The lowest BCUT2D eigenvalue weighted by Crippen LogP contribution is -2.06. The zero-order valence-electron chi connectivity index (χ0n) is 16.0. The van der Waals surface area contributed by atoms with Crippen LogP contribution in [0.4, 0.5) is 0 Å². The Labute approximate surface area is 160 Å². The van der Waals surface area contributed by atoms with E-state index in [2.05, 4.69) is 65.2 Å². The van der Waals surface area contributed by atoms with Crippen molar-refractivity contribution in [3.05, 3.63) is 71.4 Å². The van der Waals surface area contributed by atoms with Crippen molar-refractivity contribution in [2.75, 3.05) is 20.3 Å². The van der Waals surface area contributed by atoms with Crippen molar-refractivity contribution < 1.29 is 9.47 Å². The van der Waals surface area contributed by atoms with Crippen LogP contribution >= 0.6 is 0 Å². The molecule has 1 aromatic heterocycles. The second kappa shape index (κ2) is 7.97. The molecule has 4 rings (SSSR count). The van der Waals surface area contributed by atoms with E-state index in [1.807, 2.05) is 6.20 Å². The molecule has 4 heteroatoms. The normalized spacial score (nSPS) is 16.6. The van der Waals surface area contributed by atoms with Gasteiger partial charge in [-0.05, 0) is 61.1 Å². The number of hydrogen-bond acceptors (Lipinski definition) is 3. The van der Waals surface area contributed by atoms with Crippen molar-refractivity contribution in [1.29, 1.82) is 0 Å². The average molecular weight is 362 g/mol. The highest BCUT2D eigenvalue weighted by Gasteiger charge is 2.19. The van der Waals surface area contributed by atoms with Gasteiger partial charge in [0.05, 0.1) is 19.3 Å². The Morgan fingerprint density at radius 2 is 2.00 bits per heavy atom. The Hall–Kier alpha value is -2.59. The largest absolute Gasteiger partial charge is 0.496 e. The van der Waals surface area contributed by atoms with Crippen LogP contribution in [0.3, 0.4) is 0 Å². The molecule has 1 atom stereocenters. The maximum Gasteiger partial charge on any atom is 0.122 e. The fourth-order valence-corrected chi connectivity index (χ4v) is 3.72. The molecular weight excluding hydrogens is 336 g/mol. The molecule has 27 heavy (non-hydrogen) atoms. The third-order valence-electron chi connectivity index (χ3n) is 5.28. The molecule has 0 aliphatic carbocycles. The van der Waals surface area contributed by atoms with Crippen molar-refractivity contribution in [2.45, 2.75) is 26.3 Å². The van der Waals surface area contributed by atoms with Crippen LogP contribution in [0.25, 0.3) is 11.3 Å². The van der Waals surface area contributed by atoms with Crippen LogP contribution in [0, 0.1) is 12.8 Å². The molecule has 140 valence electrons. The van der Waals surface area contributed by atoms with Gasteiger partial charge in [0.15, 0.2) is 0 Å². The van der Waals surface area contributed by atoms with E-state index in [-0.39, 0.29) is 0 Å². The average Bonchev–Trinajstić information content (AvgIpc) is 3.35. The molecule has 1 saturated heterocycles. The van der Waals surface area contributed by atoms with Crippen LogP contribution < -0.4 is 4.74 Å². The first-order valence-corrected chi connectivity index (χ1v) is 9.55. The minimum atomic E-state index is 0.576. The van der Waals surface area contributed by atoms with Gasteiger partial charge < -0.3 is 9.47 Å². The molecular formula is C23H26N2O2. The fourth-order valence-electron chi connectivity index (χ4n) is 3.72. The van der Waals surface area contributed by atoms with Gasteiger partial charge in [-0.15, -0.1) is 0 Å². The van der Waals surface area contributed by atoms with Crippen LogP contribution in [0.2, 0.25) is 0 Å². The second-order valence-corrected chi connectivity index (χ2v) is 7.32. The summed E-state index contributed by atoms with van der Waals surface area (Å²) >= 11 is 0. The zero-order valence-corrected chi connectivity index (χ0v) is 16.0. The molecule has 0 bridgehead atoms. The fraction of sp³-hybridized carbons (Fsp3) is 0.348. The van der Waals surface area contributed by atoms with Crippen molar-refractivity contribution >= 4 is 0 Å². The molecule has 4 nitrogen and oxygen atoms in total. The Bertz CT molecular complexity index is 893. The molecule has 1 aliphatic rings. The first-order chi connectivity index (χ1) is 13.2. The van der Waals surface area contributed by atoms with E-state index >= 15 is 0 Å². The highest BCUT2D eigenvalue weighted by Crippen LogP contribution is 2.30. The highest BCUT2D eigenvalue weighted by atomic mass is 16.5. The summed E-state index contributed by atoms with van der Waals surface area (Å²) in [7, 11) is 1.74. The van der Waals surface area contributed by atoms with E-state index in [4.69, 9.17) is 9.47 Å². The van der Waals surface area contributed by atoms with Crippen molar-refractivity contribution in [3.63, 3.8) is 0 Å². The molecule has 1 unspecified atom stereocenters. The van der Waals surface area contributed by atoms with Gasteiger partial charge in [-0.2, -0.15) is 5.10 Å². The number of nitrogens with zero attached hydrogens (tertiary/aromatic N) is 2. The van der Waals surface area contributed by atoms with E-state index in [0.29, 0.717) is 5.92 Å². The SMILES string of the molecule is COc1ccc(-c2ccnn2Cc2ccc(C)cc2)cc1CC1CCOC1. The standard InChI is InChI=1S/C23H26N2O2/c1-17-3-5-18(6-4-17)15-25-22(9-11-24-25)20-7-8-23(26-2)21(14-20)13-19-10-12-27-16-19/h3-9,11,14,19H,10,12-13,15-16H2,1-2H3. The van der Waals surface area contributed by atoms with Crippen molar-refractivity contribution in [1.82, 2.24) is 9.78 Å². The molecule has 1 fully saturated rings. The van der Waals surface area contributed by atoms with Gasteiger partial charge in [0, 0.05) is 25.0 Å². The topological polar surface area (TPSA) is 36.3 Å². The van der Waals surface area contributed by atoms with Gasteiger partial charge in [-0.25, -0.2) is 0 Å². The zero-order chi connectivity index (χ0) is 18.6. The number of ether oxygens (including phenoxy) is 2. The number of rotatable bonds is 6. The monoisotopic (exact) mass is 362 g/mol. The number of hydrogen-bond donors (Lipinski definition) is 0. The minimum absolute atomic E-state index is 0.576. The van der Waals surface area contributed by atoms with Gasteiger partial charge in [0.2, 0.25) is 0 Å². The third kappa shape index (κ3) is 4.06. The lowest BCUT2D eigenvalue weighted by Gasteiger charge is -2.15. The molecule has 2 aromatic carbocycles. The lowest BCUT2D eigenvalue weighted by molar-refractivity contribution is 0.185. The first-order valence-electron chi connectivity index (χ1n) is 9.55. The maximum atomic E-state index is 5.60. The van der Waals surface area contributed by atoms with Crippen LogP contribution in [-0.4, -0.2) is 30.1 Å². The quantitative estimate of drug-likeness (QED) is 0.648. The Balaban J connectivity index is 1.61. The highest BCUT2D eigenvalue weighted by molar-refractivity contribution is 5.62. The van der Waals surface area contributed by atoms with E-state index < -0.39 is 0 Å². The van der Waals surface area contributed by atoms with Crippen LogP contribution in [0.1, 0.15) is 23.1 Å². The molecule has 3 aromatic rings. The van der Waals surface area contributed by atoms with Gasteiger partial charge >= 0.3 is 0 Å². The molecule has 2 heterocycles. The number of benzene rings is 2. The first kappa shape index (κ1) is 17.8. The smallest absolute Gasteiger partial charge is 0.122 e. The van der Waals surface area contributed by atoms with Gasteiger partial charge in [0.25, 0.3) is 0 Å². The summed E-state index contributed by atoms with van der Waals surface area (Å²) in [5.41, 5.74) is 6.07. The summed E-state index contributed by atoms with van der Waals surface area (Å²) in [6, 6.07) is 17.2. The molecule has 0 amide bonds. The molecule has 1 aliphatic heterocycles. The number of aryl methyl sites for hydroxylation is 1. The molecule has 0 saturated carbocycles. The molecule has 0 spiro atoms. The molecule has 0 N–H and O–H groups in total. The van der Waals surface area contributed by atoms with Crippen molar-refractivity contribution in [3.8, 4) is 17.0 Å². The second-order valence-electron chi connectivity index (χ2n) is 7.32. The predicted octanol–water partition coefficient (Wildman–Crippen LogP) is 4.49. The minimum Gasteiger partial charge on any atom is -0.496 e. The van der Waals surface area contributed by atoms with Crippen LogP contribution in [0.5, 0.6) is 5.75 Å². The Morgan fingerprint density at radius 3 is 2.74 bits per heavy atom. The van der Waals surface area contributed by atoms with Gasteiger partial charge in [-0.1, -0.05) is 29.8 Å². The summed E-state index contributed by atoms with van der Waals surface area (Å²) in [5.74, 6) is 1.53. The Morgan fingerprint density at radius 1 is 1.15 bits per heavy atom. The number of methoxy groups -OCH3 is 1. The summed E-state index contributed by atoms with van der Waals surface area (Å²) in [5, 5.41) is 4.55. The third-order valence-corrected chi connectivity index (χ3v) is 5.28. The van der Waals surface area contributed by atoms with E-state index in [1.165, 1.54) is 22.3 Å². The van der Waals surface area contributed by atoms with Crippen molar-refractivity contribution in [2.24, 2.45) is 5.92 Å². The summed E-state index contributed by atoms with van der Waals surface area (Å²) in [6.07, 6.45) is 3.99. The summed E-state index contributed by atoms with van der Waals surface area (Å²) in [6.45, 7) is 4.59. The molecule has 0 radical (unpaired) electrons. The Kier molecular flexibility index (Phi) is 5.26. The van der Waals surface area contributed by atoms with E-state index in [1.54, 1.807) is 7.11 Å². The maximum absolute atomic E-state index is 5.60. The van der Waals surface area contributed by atoms with E-state index in [0.717, 1.165) is 44.0 Å². The van der Waals surface area contributed by atoms with Crippen LogP contribution in [0.15, 0.2) is 54.7 Å². The summed E-state index contributed by atoms with van der Waals surface area (Å²) in [4.78, 5) is 0. The lowest BCUT2D eigenvalue weighted by atomic mass is 9.96. The number of aromatic nitrogens is 2. The predicted molar refractivity (Wildman–Crippen MR) is 107 cm³/mol. The van der Waals surface area contributed by atoms with Gasteiger partial charge in [0.1, 0.15) is 5.75 Å². The summed E-state index contributed by atoms with van der Waals surface area (Å²) < 4.78 is 13.2. The van der Waals surface area contributed by atoms with E-state index in [9.17, 15) is 0 Å². The van der Waals surface area contributed by atoms with Crippen LogP contribution in [-0.2, 0) is 17.7 Å². The van der Waals surface area contributed by atoms with Gasteiger partial charge in [-0.3, -0.25) is 4.68 Å².